The molecule has 1 aliphatic rings. The number of rotatable bonds is 7. The second-order valence-corrected chi connectivity index (χ2v) is 4.94. The maximum absolute atomic E-state index is 5.86. The molecule has 1 unspecified atom stereocenters. The van der Waals surface area contributed by atoms with E-state index in [2.05, 4.69) is 13.8 Å². The van der Waals surface area contributed by atoms with Crippen molar-refractivity contribution in [3.8, 4) is 0 Å². The summed E-state index contributed by atoms with van der Waals surface area (Å²) < 4.78 is 5.63. The first-order valence-electron chi connectivity index (χ1n) is 5.36. The molecule has 0 bridgehead atoms. The maximum atomic E-state index is 5.86. The Balaban J connectivity index is 2.00. The molecule has 0 aromatic rings. The van der Waals surface area contributed by atoms with E-state index >= 15 is 0 Å². The number of hydrogen-bond acceptors (Lipinski definition) is 1. The van der Waals surface area contributed by atoms with Crippen molar-refractivity contribution in [2.75, 3.05) is 19.1 Å². The molecule has 13 heavy (non-hydrogen) atoms. The summed E-state index contributed by atoms with van der Waals surface area (Å²) in [5.41, 5.74) is 0. The van der Waals surface area contributed by atoms with Crippen LogP contribution in [0.2, 0.25) is 0 Å². The van der Waals surface area contributed by atoms with Gasteiger partial charge in [0.1, 0.15) is 0 Å². The van der Waals surface area contributed by atoms with Crippen molar-refractivity contribution in [1.82, 2.24) is 0 Å². The summed E-state index contributed by atoms with van der Waals surface area (Å²) in [5, 5.41) is 0. The second kappa shape index (κ2) is 5.87. The molecule has 1 fully saturated rings. The number of ether oxygens (including phenoxy) is 1. The third-order valence-corrected chi connectivity index (χ3v) is 2.86. The summed E-state index contributed by atoms with van der Waals surface area (Å²) in [6, 6.07) is 0. The largest absolute Gasteiger partial charge is 0.381 e. The van der Waals surface area contributed by atoms with Gasteiger partial charge in [-0.25, -0.2) is 0 Å². The van der Waals surface area contributed by atoms with Gasteiger partial charge in [0.25, 0.3) is 0 Å². The van der Waals surface area contributed by atoms with E-state index in [4.69, 9.17) is 16.3 Å². The van der Waals surface area contributed by atoms with Crippen molar-refractivity contribution < 1.29 is 4.74 Å². The first-order valence-corrected chi connectivity index (χ1v) is 5.89. The smallest absolute Gasteiger partial charge is 0.0505 e. The van der Waals surface area contributed by atoms with E-state index in [0.29, 0.717) is 5.92 Å². The van der Waals surface area contributed by atoms with Gasteiger partial charge in [-0.15, -0.1) is 11.6 Å². The molecule has 0 heterocycles. The number of halogens is 1. The lowest BCUT2D eigenvalue weighted by molar-refractivity contribution is 0.0908. The fourth-order valence-electron chi connectivity index (χ4n) is 1.53. The van der Waals surface area contributed by atoms with Gasteiger partial charge in [0.2, 0.25) is 0 Å². The van der Waals surface area contributed by atoms with Crippen LogP contribution in [-0.4, -0.2) is 19.1 Å². The lowest BCUT2D eigenvalue weighted by atomic mass is 10.00. The van der Waals surface area contributed by atoms with E-state index < -0.39 is 0 Å². The molecule has 2 heteroatoms. The summed E-state index contributed by atoms with van der Waals surface area (Å²) in [4.78, 5) is 0. The van der Waals surface area contributed by atoms with Crippen molar-refractivity contribution in [3.63, 3.8) is 0 Å². The van der Waals surface area contributed by atoms with Crippen molar-refractivity contribution in [2.24, 2.45) is 17.8 Å². The first-order chi connectivity index (χ1) is 6.22. The van der Waals surface area contributed by atoms with Crippen LogP contribution in [0.3, 0.4) is 0 Å². The average molecular weight is 205 g/mol. The van der Waals surface area contributed by atoms with Gasteiger partial charge in [-0.05, 0) is 37.0 Å². The quantitative estimate of drug-likeness (QED) is 0.579. The zero-order valence-electron chi connectivity index (χ0n) is 8.76. The normalized spacial score (nSPS) is 19.4. The molecular formula is C11H21ClO. The van der Waals surface area contributed by atoms with Gasteiger partial charge in [0.05, 0.1) is 6.61 Å². The Labute approximate surface area is 86.8 Å². The molecule has 1 saturated carbocycles. The lowest BCUT2D eigenvalue weighted by Gasteiger charge is -2.16. The summed E-state index contributed by atoms with van der Waals surface area (Å²) in [7, 11) is 0. The number of hydrogen-bond donors (Lipinski definition) is 0. The van der Waals surface area contributed by atoms with Crippen LogP contribution in [0.4, 0.5) is 0 Å². The minimum Gasteiger partial charge on any atom is -0.381 e. The Hall–Kier alpha value is 0.250. The molecule has 0 spiro atoms. The molecule has 0 saturated heterocycles. The minimum absolute atomic E-state index is 0.556. The van der Waals surface area contributed by atoms with E-state index in [1.54, 1.807) is 0 Å². The Kier molecular flexibility index (Phi) is 5.12. The van der Waals surface area contributed by atoms with E-state index in [1.165, 1.54) is 19.3 Å². The molecule has 0 radical (unpaired) electrons. The highest BCUT2D eigenvalue weighted by Gasteiger charge is 2.21. The summed E-state index contributed by atoms with van der Waals surface area (Å²) >= 11 is 5.86. The van der Waals surface area contributed by atoms with Crippen molar-refractivity contribution in [1.29, 1.82) is 0 Å². The molecule has 1 rings (SSSR count). The van der Waals surface area contributed by atoms with Crippen molar-refractivity contribution in [2.45, 2.75) is 33.1 Å². The average Bonchev–Trinajstić information content (AvgIpc) is 2.85. The van der Waals surface area contributed by atoms with E-state index in [1.807, 2.05) is 0 Å². The molecule has 0 aliphatic heterocycles. The molecule has 0 N–H and O–H groups in total. The lowest BCUT2D eigenvalue weighted by Crippen LogP contribution is -2.14. The Morgan fingerprint density at radius 3 is 2.54 bits per heavy atom. The number of alkyl halides is 1. The fourth-order valence-corrected chi connectivity index (χ4v) is 1.74. The fraction of sp³-hybridized carbons (Fsp3) is 1.00. The van der Waals surface area contributed by atoms with E-state index in [9.17, 15) is 0 Å². The van der Waals surface area contributed by atoms with Gasteiger partial charge in [-0.3, -0.25) is 0 Å². The van der Waals surface area contributed by atoms with Gasteiger partial charge in [-0.1, -0.05) is 13.8 Å². The van der Waals surface area contributed by atoms with Crippen molar-refractivity contribution >= 4 is 11.6 Å². The SMILES string of the molecule is CC(C)CC(CCl)COCC1CC1. The van der Waals surface area contributed by atoms with Crippen LogP contribution in [0.5, 0.6) is 0 Å². The molecule has 78 valence electrons. The zero-order chi connectivity index (χ0) is 9.68. The predicted octanol–water partition coefficient (Wildman–Crippen LogP) is 3.31. The molecule has 1 atom stereocenters. The van der Waals surface area contributed by atoms with Crippen LogP contribution in [-0.2, 0) is 4.74 Å². The maximum Gasteiger partial charge on any atom is 0.0505 e. The van der Waals surface area contributed by atoms with Gasteiger partial charge in [0, 0.05) is 12.5 Å². The van der Waals surface area contributed by atoms with Gasteiger partial charge in [-0.2, -0.15) is 0 Å². The highest BCUT2D eigenvalue weighted by molar-refractivity contribution is 6.18. The Morgan fingerprint density at radius 1 is 1.38 bits per heavy atom. The highest BCUT2D eigenvalue weighted by Crippen LogP contribution is 2.29. The highest BCUT2D eigenvalue weighted by atomic mass is 35.5. The summed E-state index contributed by atoms with van der Waals surface area (Å²) in [6.45, 7) is 6.30. The van der Waals surface area contributed by atoms with Crippen LogP contribution in [0.15, 0.2) is 0 Å². The topological polar surface area (TPSA) is 9.23 Å². The van der Waals surface area contributed by atoms with Gasteiger partial charge in [0.15, 0.2) is 0 Å². The first kappa shape index (κ1) is 11.3. The molecule has 1 nitrogen and oxygen atoms in total. The molecule has 0 aromatic carbocycles. The predicted molar refractivity (Wildman–Crippen MR) is 57.2 cm³/mol. The Morgan fingerprint density at radius 2 is 2.08 bits per heavy atom. The van der Waals surface area contributed by atoms with Crippen molar-refractivity contribution in [3.05, 3.63) is 0 Å². The van der Waals surface area contributed by atoms with Gasteiger partial charge >= 0.3 is 0 Å². The molecule has 0 aromatic heterocycles. The zero-order valence-corrected chi connectivity index (χ0v) is 9.52. The van der Waals surface area contributed by atoms with Crippen LogP contribution in [0.1, 0.15) is 33.1 Å². The van der Waals surface area contributed by atoms with E-state index in [-0.39, 0.29) is 0 Å². The third kappa shape index (κ3) is 5.53. The van der Waals surface area contributed by atoms with Crippen LogP contribution >= 0.6 is 11.6 Å². The monoisotopic (exact) mass is 204 g/mol. The Bertz CT molecular complexity index is 132. The third-order valence-electron chi connectivity index (χ3n) is 2.43. The minimum atomic E-state index is 0.556. The van der Waals surface area contributed by atoms with Gasteiger partial charge < -0.3 is 4.74 Å². The molecule has 1 aliphatic carbocycles. The van der Waals surface area contributed by atoms with Crippen LogP contribution in [0, 0.1) is 17.8 Å². The molecular weight excluding hydrogens is 184 g/mol. The van der Waals surface area contributed by atoms with E-state index in [0.717, 1.165) is 30.9 Å². The summed E-state index contributed by atoms with van der Waals surface area (Å²) in [6.07, 6.45) is 3.93. The standard InChI is InChI=1S/C11H21ClO/c1-9(2)5-11(6-12)8-13-7-10-3-4-10/h9-11H,3-8H2,1-2H3. The van der Waals surface area contributed by atoms with Crippen LogP contribution < -0.4 is 0 Å². The second-order valence-electron chi connectivity index (χ2n) is 4.63. The van der Waals surface area contributed by atoms with Crippen LogP contribution in [0.25, 0.3) is 0 Å². The molecule has 0 amide bonds. The summed E-state index contributed by atoms with van der Waals surface area (Å²) in [5.74, 6) is 2.90.